The third-order valence-corrected chi connectivity index (χ3v) is 3.69. The first-order valence-corrected chi connectivity index (χ1v) is 7.36. The summed E-state index contributed by atoms with van der Waals surface area (Å²) in [5.41, 5.74) is 0.696. The third kappa shape index (κ3) is 2.42. The van der Waals surface area contributed by atoms with E-state index in [-0.39, 0.29) is 13.3 Å². The van der Waals surface area contributed by atoms with Gasteiger partial charge in [0, 0.05) is 11.1 Å². The highest BCUT2D eigenvalue weighted by Gasteiger charge is 2.18. The van der Waals surface area contributed by atoms with E-state index in [9.17, 15) is 8.42 Å². The van der Waals surface area contributed by atoms with E-state index in [4.69, 9.17) is 26.2 Å². The number of fused-ring (bicyclic) bond motifs is 1. The highest BCUT2D eigenvalue weighted by Crippen LogP contribution is 2.36. The maximum Gasteiger partial charge on any atom is 0.281 e. The van der Waals surface area contributed by atoms with Crippen LogP contribution in [0.1, 0.15) is 5.56 Å². The van der Waals surface area contributed by atoms with E-state index in [1.54, 1.807) is 12.1 Å². The summed E-state index contributed by atoms with van der Waals surface area (Å²) in [4.78, 5) is 3.63. The topological polar surface area (TPSA) is 109 Å². The molecule has 10 heteroatoms. The van der Waals surface area contributed by atoms with Gasteiger partial charge in [0.1, 0.15) is 6.33 Å². The standard InChI is InChI=1S/C10H9ClN4O4S/c11-7-2-9-8(18-5-19-9)1-6(7)3-15-4-13-10(14-15)20(12,16)17/h1-2,4H,3,5H2,(H2,12,16,17). The van der Waals surface area contributed by atoms with Gasteiger partial charge >= 0.3 is 0 Å². The molecule has 0 amide bonds. The number of hydrogen-bond donors (Lipinski definition) is 1. The number of aromatic nitrogens is 3. The van der Waals surface area contributed by atoms with Crippen molar-refractivity contribution in [2.24, 2.45) is 5.14 Å². The average Bonchev–Trinajstić information content (AvgIpc) is 2.97. The number of sulfonamides is 1. The van der Waals surface area contributed by atoms with Gasteiger partial charge in [-0.2, -0.15) is 0 Å². The zero-order chi connectivity index (χ0) is 14.3. The monoisotopic (exact) mass is 316 g/mol. The Morgan fingerprint density at radius 3 is 2.70 bits per heavy atom. The van der Waals surface area contributed by atoms with Gasteiger partial charge in [0.2, 0.25) is 6.79 Å². The second kappa shape index (κ2) is 4.62. The van der Waals surface area contributed by atoms with Gasteiger partial charge in [0.15, 0.2) is 11.5 Å². The van der Waals surface area contributed by atoms with E-state index >= 15 is 0 Å². The highest BCUT2D eigenvalue weighted by atomic mass is 35.5. The quantitative estimate of drug-likeness (QED) is 0.875. The number of nitrogens with zero attached hydrogens (tertiary/aromatic N) is 3. The van der Waals surface area contributed by atoms with E-state index < -0.39 is 15.2 Å². The molecule has 2 heterocycles. The van der Waals surface area contributed by atoms with Crippen molar-refractivity contribution in [1.29, 1.82) is 0 Å². The number of rotatable bonds is 3. The van der Waals surface area contributed by atoms with Crippen LogP contribution >= 0.6 is 11.6 Å². The Balaban J connectivity index is 1.90. The lowest BCUT2D eigenvalue weighted by atomic mass is 10.2. The summed E-state index contributed by atoms with van der Waals surface area (Å²) in [5, 5.41) is 8.74. The normalized spacial score (nSPS) is 13.7. The minimum absolute atomic E-state index is 0.147. The Hall–Kier alpha value is -1.84. The van der Waals surface area contributed by atoms with Crippen LogP contribution in [0.25, 0.3) is 0 Å². The van der Waals surface area contributed by atoms with Gasteiger partial charge in [-0.1, -0.05) is 11.6 Å². The molecule has 0 aliphatic carbocycles. The van der Waals surface area contributed by atoms with E-state index in [1.165, 1.54) is 11.0 Å². The molecule has 3 rings (SSSR count). The summed E-state index contributed by atoms with van der Waals surface area (Å²) in [5.74, 6) is 1.15. The van der Waals surface area contributed by atoms with Gasteiger partial charge in [-0.05, 0) is 11.6 Å². The molecule has 1 aliphatic rings. The minimum Gasteiger partial charge on any atom is -0.454 e. The fraction of sp³-hybridized carbons (Fsp3) is 0.200. The van der Waals surface area contributed by atoms with Crippen molar-refractivity contribution >= 4 is 21.6 Å². The van der Waals surface area contributed by atoms with E-state index in [0.29, 0.717) is 22.1 Å². The SMILES string of the molecule is NS(=O)(=O)c1ncn(Cc2cc3c(cc2Cl)OCO3)n1. The van der Waals surface area contributed by atoms with Crippen LogP contribution in [0.4, 0.5) is 0 Å². The van der Waals surface area contributed by atoms with E-state index in [1.807, 2.05) is 0 Å². The highest BCUT2D eigenvalue weighted by molar-refractivity contribution is 7.89. The first-order valence-electron chi connectivity index (χ1n) is 5.44. The molecule has 0 saturated heterocycles. The molecule has 1 aliphatic heterocycles. The molecule has 2 N–H and O–H groups in total. The van der Waals surface area contributed by atoms with Crippen LogP contribution in [0.5, 0.6) is 11.5 Å². The number of ether oxygens (including phenoxy) is 2. The summed E-state index contributed by atoms with van der Waals surface area (Å²) >= 11 is 6.11. The molecule has 106 valence electrons. The van der Waals surface area contributed by atoms with Crippen molar-refractivity contribution in [2.75, 3.05) is 6.79 Å². The van der Waals surface area contributed by atoms with Crippen LogP contribution in [0, 0.1) is 0 Å². The summed E-state index contributed by atoms with van der Waals surface area (Å²) in [7, 11) is -3.91. The molecular weight excluding hydrogens is 308 g/mol. The molecule has 0 atom stereocenters. The Labute approximate surface area is 119 Å². The molecule has 0 fully saturated rings. The van der Waals surface area contributed by atoms with Gasteiger partial charge < -0.3 is 9.47 Å². The lowest BCUT2D eigenvalue weighted by Crippen LogP contribution is -2.14. The largest absolute Gasteiger partial charge is 0.454 e. The molecule has 1 aromatic carbocycles. The number of primary sulfonamides is 1. The Morgan fingerprint density at radius 1 is 1.35 bits per heavy atom. The summed E-state index contributed by atoms with van der Waals surface area (Å²) in [6.07, 6.45) is 1.26. The van der Waals surface area contributed by atoms with Crippen molar-refractivity contribution in [3.63, 3.8) is 0 Å². The third-order valence-electron chi connectivity index (χ3n) is 2.64. The second-order valence-electron chi connectivity index (χ2n) is 4.07. The number of hydrogen-bond acceptors (Lipinski definition) is 6. The van der Waals surface area contributed by atoms with Crippen LogP contribution < -0.4 is 14.6 Å². The van der Waals surface area contributed by atoms with E-state index in [2.05, 4.69) is 10.1 Å². The van der Waals surface area contributed by atoms with Crippen LogP contribution in [0.3, 0.4) is 0 Å². The molecule has 20 heavy (non-hydrogen) atoms. The fourth-order valence-corrected chi connectivity index (χ4v) is 2.37. The smallest absolute Gasteiger partial charge is 0.281 e. The predicted octanol–water partition coefficient (Wildman–Crippen LogP) is 0.356. The molecular formula is C10H9ClN4O4S. The number of benzene rings is 1. The van der Waals surface area contributed by atoms with Crippen molar-refractivity contribution in [3.05, 3.63) is 29.0 Å². The fourth-order valence-electron chi connectivity index (χ4n) is 1.74. The summed E-state index contributed by atoms with van der Waals surface area (Å²) in [6, 6.07) is 3.35. The molecule has 0 unspecified atom stereocenters. The molecule has 2 aromatic rings. The van der Waals surface area contributed by atoms with Gasteiger partial charge in [-0.3, -0.25) is 0 Å². The van der Waals surface area contributed by atoms with Crippen LogP contribution in [0.15, 0.2) is 23.6 Å². The van der Waals surface area contributed by atoms with Crippen molar-refractivity contribution in [2.45, 2.75) is 11.7 Å². The van der Waals surface area contributed by atoms with Crippen LogP contribution in [-0.2, 0) is 16.6 Å². The first kappa shape index (κ1) is 13.2. The predicted molar refractivity (Wildman–Crippen MR) is 68.1 cm³/mol. The lowest BCUT2D eigenvalue weighted by Gasteiger charge is -2.05. The molecule has 0 spiro atoms. The first-order chi connectivity index (χ1) is 9.43. The zero-order valence-corrected chi connectivity index (χ0v) is 11.6. The van der Waals surface area contributed by atoms with Crippen molar-refractivity contribution < 1.29 is 17.9 Å². The van der Waals surface area contributed by atoms with Gasteiger partial charge in [0.05, 0.1) is 6.54 Å². The Kier molecular flexibility index (Phi) is 3.04. The van der Waals surface area contributed by atoms with Crippen molar-refractivity contribution in [3.8, 4) is 11.5 Å². The summed E-state index contributed by atoms with van der Waals surface area (Å²) < 4.78 is 34.0. The van der Waals surface area contributed by atoms with Crippen molar-refractivity contribution in [1.82, 2.24) is 14.8 Å². The molecule has 1 aromatic heterocycles. The molecule has 0 radical (unpaired) electrons. The van der Waals surface area contributed by atoms with E-state index in [0.717, 1.165) is 0 Å². The van der Waals surface area contributed by atoms with Gasteiger partial charge in [0.25, 0.3) is 15.2 Å². The second-order valence-corrected chi connectivity index (χ2v) is 5.93. The van der Waals surface area contributed by atoms with Crippen LogP contribution in [0.2, 0.25) is 5.02 Å². The number of halogens is 1. The minimum atomic E-state index is -3.91. The summed E-state index contributed by atoms with van der Waals surface area (Å²) in [6.45, 7) is 0.381. The Morgan fingerprint density at radius 2 is 2.05 bits per heavy atom. The molecule has 0 saturated carbocycles. The average molecular weight is 317 g/mol. The molecule has 0 bridgehead atoms. The maximum absolute atomic E-state index is 11.1. The molecule has 8 nitrogen and oxygen atoms in total. The van der Waals surface area contributed by atoms with Gasteiger partial charge in [-0.25, -0.2) is 23.2 Å². The number of nitrogens with two attached hydrogens (primary N) is 1. The maximum atomic E-state index is 11.1. The Bertz CT molecular complexity index is 774. The zero-order valence-electron chi connectivity index (χ0n) is 9.98. The van der Waals surface area contributed by atoms with Crippen LogP contribution in [-0.4, -0.2) is 30.0 Å². The van der Waals surface area contributed by atoms with Gasteiger partial charge in [-0.15, -0.1) is 5.10 Å². The lowest BCUT2D eigenvalue weighted by molar-refractivity contribution is 0.174.